The third-order valence-electron chi connectivity index (χ3n) is 3.15. The minimum Gasteiger partial charge on any atom is -0.246 e. The smallest absolute Gasteiger partial charge is 0.234 e. The van der Waals surface area contributed by atoms with Crippen LogP contribution in [-0.2, 0) is 6.42 Å². The average Bonchev–Trinajstić information content (AvgIpc) is 3.14. The van der Waals surface area contributed by atoms with E-state index >= 15 is 0 Å². The van der Waals surface area contributed by atoms with Crippen molar-refractivity contribution in [3.8, 4) is 11.4 Å². The fraction of sp³-hybridized carbons (Fsp3) is 0.143. The summed E-state index contributed by atoms with van der Waals surface area (Å²) in [5, 5.41) is 18.1. The number of benzene rings is 1. The minimum atomic E-state index is 0.553. The molecule has 0 N–H and O–H groups in total. The molecule has 0 radical (unpaired) electrons. The summed E-state index contributed by atoms with van der Waals surface area (Å²) >= 11 is 15.3. The third-order valence-corrected chi connectivity index (χ3v) is 5.31. The number of thiazole rings is 1. The predicted octanol–water partition coefficient (Wildman–Crippen LogP) is 4.52. The quantitative estimate of drug-likeness (QED) is 0.523. The van der Waals surface area contributed by atoms with Crippen molar-refractivity contribution in [2.75, 3.05) is 0 Å². The maximum Gasteiger partial charge on any atom is 0.234 e. The highest BCUT2D eigenvalue weighted by molar-refractivity contribution is 7.16. The second-order valence-electron chi connectivity index (χ2n) is 4.91. The molecule has 4 aromatic rings. The molecular weight excluding hydrogens is 373 g/mol. The summed E-state index contributed by atoms with van der Waals surface area (Å²) in [5.74, 6) is 0.626. The molecule has 0 aliphatic heterocycles. The van der Waals surface area contributed by atoms with Gasteiger partial charge in [0.25, 0.3) is 0 Å². The van der Waals surface area contributed by atoms with Crippen molar-refractivity contribution >= 4 is 50.8 Å². The van der Waals surface area contributed by atoms with Crippen molar-refractivity contribution in [3.63, 3.8) is 0 Å². The highest BCUT2D eigenvalue weighted by Crippen LogP contribution is 2.28. The highest BCUT2D eigenvalue weighted by atomic mass is 35.5. The van der Waals surface area contributed by atoms with Gasteiger partial charge >= 0.3 is 0 Å². The number of rotatable bonds is 3. The van der Waals surface area contributed by atoms with Crippen molar-refractivity contribution in [3.05, 3.63) is 49.3 Å². The molecule has 9 heteroatoms. The van der Waals surface area contributed by atoms with Crippen LogP contribution in [0.4, 0.5) is 0 Å². The van der Waals surface area contributed by atoms with Crippen LogP contribution in [0, 0.1) is 6.92 Å². The van der Waals surface area contributed by atoms with Crippen molar-refractivity contribution in [1.29, 1.82) is 0 Å². The van der Waals surface area contributed by atoms with Crippen LogP contribution in [0.5, 0.6) is 0 Å². The van der Waals surface area contributed by atoms with Crippen LogP contribution in [0.2, 0.25) is 10.0 Å². The van der Waals surface area contributed by atoms with Crippen LogP contribution >= 0.6 is 45.9 Å². The number of hydrogen-bond donors (Lipinski definition) is 0. The first-order valence-electron chi connectivity index (χ1n) is 6.67. The third kappa shape index (κ3) is 2.97. The number of halogens is 2. The molecule has 1 aromatic carbocycles. The Morgan fingerprint density at radius 3 is 2.61 bits per heavy atom. The molecule has 5 nitrogen and oxygen atoms in total. The Morgan fingerprint density at radius 1 is 1.13 bits per heavy atom. The van der Waals surface area contributed by atoms with Crippen molar-refractivity contribution in [2.45, 2.75) is 13.3 Å². The number of nitrogens with zero attached hydrogens (tertiary/aromatic N) is 5. The van der Waals surface area contributed by atoms with E-state index in [0.29, 0.717) is 22.3 Å². The second-order valence-corrected chi connectivity index (χ2v) is 7.88. The van der Waals surface area contributed by atoms with Crippen LogP contribution in [-0.4, -0.2) is 24.8 Å². The van der Waals surface area contributed by atoms with Crippen molar-refractivity contribution < 1.29 is 0 Å². The average molecular weight is 382 g/mol. The van der Waals surface area contributed by atoms with Gasteiger partial charge in [0, 0.05) is 27.4 Å². The summed E-state index contributed by atoms with van der Waals surface area (Å²) in [5.41, 5.74) is 1.81. The minimum absolute atomic E-state index is 0.553. The molecular formula is C14H9Cl2N5S2. The van der Waals surface area contributed by atoms with E-state index in [4.69, 9.17) is 23.2 Å². The zero-order chi connectivity index (χ0) is 16.0. The first-order valence-corrected chi connectivity index (χ1v) is 9.12. The van der Waals surface area contributed by atoms with E-state index in [2.05, 4.69) is 25.7 Å². The molecule has 0 bridgehead atoms. The topological polar surface area (TPSA) is 56.0 Å². The predicted molar refractivity (Wildman–Crippen MR) is 93.8 cm³/mol. The fourth-order valence-electron chi connectivity index (χ4n) is 2.24. The standard InChI is InChI=1S/C14H9Cl2N5S2/c1-7-17-11(6-22-7)5-12-20-21-13(18-19-14(21)23-12)8-2-9(15)4-10(16)3-8/h2-4,6H,5H2,1H3. The van der Waals surface area contributed by atoms with Crippen LogP contribution in [0.3, 0.4) is 0 Å². The lowest BCUT2D eigenvalue weighted by Gasteiger charge is -1.99. The number of aryl methyl sites for hydroxylation is 1. The molecule has 0 amide bonds. The monoisotopic (exact) mass is 381 g/mol. The van der Waals surface area contributed by atoms with Gasteiger partial charge in [-0.15, -0.1) is 21.5 Å². The molecule has 0 saturated heterocycles. The zero-order valence-electron chi connectivity index (χ0n) is 11.8. The lowest BCUT2D eigenvalue weighted by Crippen LogP contribution is -1.94. The van der Waals surface area contributed by atoms with Crippen LogP contribution < -0.4 is 0 Å². The van der Waals surface area contributed by atoms with E-state index in [0.717, 1.165) is 26.2 Å². The van der Waals surface area contributed by atoms with Gasteiger partial charge < -0.3 is 0 Å². The second kappa shape index (κ2) is 5.83. The van der Waals surface area contributed by atoms with Crippen LogP contribution in [0.1, 0.15) is 15.7 Å². The molecule has 23 heavy (non-hydrogen) atoms. The van der Waals surface area contributed by atoms with E-state index in [1.165, 1.54) is 11.3 Å². The summed E-state index contributed by atoms with van der Waals surface area (Å²) in [6.07, 6.45) is 0.689. The normalized spacial score (nSPS) is 11.4. The number of fused-ring (bicyclic) bond motifs is 1. The van der Waals surface area contributed by atoms with E-state index in [-0.39, 0.29) is 0 Å². The largest absolute Gasteiger partial charge is 0.246 e. The summed E-state index contributed by atoms with van der Waals surface area (Å²) < 4.78 is 1.72. The molecule has 4 rings (SSSR count). The van der Waals surface area contributed by atoms with E-state index in [1.807, 2.05) is 6.92 Å². The molecule has 0 spiro atoms. The molecule has 0 unspecified atom stereocenters. The Balaban J connectivity index is 1.74. The summed E-state index contributed by atoms with van der Waals surface area (Å²) in [7, 11) is 0. The molecule has 0 aliphatic carbocycles. The Morgan fingerprint density at radius 2 is 1.91 bits per heavy atom. The Bertz CT molecular complexity index is 984. The van der Waals surface area contributed by atoms with E-state index in [9.17, 15) is 0 Å². The lowest BCUT2D eigenvalue weighted by atomic mass is 10.2. The number of aromatic nitrogens is 5. The van der Waals surface area contributed by atoms with Crippen LogP contribution in [0.15, 0.2) is 23.6 Å². The highest BCUT2D eigenvalue weighted by Gasteiger charge is 2.15. The first-order chi connectivity index (χ1) is 11.1. The summed E-state index contributed by atoms with van der Waals surface area (Å²) in [4.78, 5) is 5.20. The van der Waals surface area contributed by atoms with Gasteiger partial charge in [-0.25, -0.2) is 4.98 Å². The first kappa shape index (κ1) is 15.0. The van der Waals surface area contributed by atoms with E-state index < -0.39 is 0 Å². The molecule has 3 heterocycles. The summed E-state index contributed by atoms with van der Waals surface area (Å²) in [6, 6.07) is 5.28. The van der Waals surface area contributed by atoms with Gasteiger partial charge in [0.05, 0.1) is 10.7 Å². The van der Waals surface area contributed by atoms with Gasteiger partial charge in [-0.05, 0) is 25.1 Å². The van der Waals surface area contributed by atoms with Gasteiger partial charge in [0.1, 0.15) is 5.01 Å². The molecule has 0 aliphatic rings. The van der Waals surface area contributed by atoms with E-state index in [1.54, 1.807) is 34.1 Å². The number of hydrogen-bond acceptors (Lipinski definition) is 6. The maximum atomic E-state index is 6.07. The Labute approximate surface area is 149 Å². The zero-order valence-corrected chi connectivity index (χ0v) is 15.0. The summed E-state index contributed by atoms with van der Waals surface area (Å²) in [6.45, 7) is 1.99. The van der Waals surface area contributed by atoms with Crippen molar-refractivity contribution in [2.24, 2.45) is 0 Å². The Hall–Kier alpha value is -1.54. The SMILES string of the molecule is Cc1nc(Cc2nn3c(-c4cc(Cl)cc(Cl)c4)nnc3s2)cs1. The molecule has 3 aromatic heterocycles. The van der Waals surface area contributed by atoms with Gasteiger partial charge in [0.15, 0.2) is 5.82 Å². The van der Waals surface area contributed by atoms with Gasteiger partial charge in [-0.2, -0.15) is 9.61 Å². The van der Waals surface area contributed by atoms with Gasteiger partial charge in [-0.1, -0.05) is 34.5 Å². The molecule has 116 valence electrons. The van der Waals surface area contributed by atoms with Gasteiger partial charge in [0.2, 0.25) is 4.96 Å². The van der Waals surface area contributed by atoms with Crippen molar-refractivity contribution in [1.82, 2.24) is 24.8 Å². The molecule has 0 atom stereocenters. The molecule has 0 saturated carbocycles. The molecule has 0 fully saturated rings. The fourth-order valence-corrected chi connectivity index (χ4v) is 4.22. The maximum absolute atomic E-state index is 6.07. The van der Waals surface area contributed by atoms with Gasteiger partial charge in [-0.3, -0.25) is 0 Å². The lowest BCUT2D eigenvalue weighted by molar-refractivity contribution is 0.909. The Kier molecular flexibility index (Phi) is 3.81. The van der Waals surface area contributed by atoms with Crippen LogP contribution in [0.25, 0.3) is 16.3 Å².